The molecule has 1 fully saturated rings. The number of ether oxygens (including phenoxy) is 3. The van der Waals surface area contributed by atoms with E-state index < -0.39 is 0 Å². The molecule has 1 aromatic carbocycles. The standard InChI is InChI=1S/C20H27N3O3/c1-14-4-2-3-5-17(14)24-9-8-21-11-16-12-22-23-20(16)15-6-7-18-19(10-15)26-13-25-18/h6-7,10,12,14,17,21H,2-5,8-9,11,13H2,1H3,(H,22,23)/t14-,17-/m0/s1. The van der Waals surface area contributed by atoms with Crippen molar-refractivity contribution < 1.29 is 14.2 Å². The molecule has 0 spiro atoms. The van der Waals surface area contributed by atoms with E-state index in [1.165, 1.54) is 25.7 Å². The van der Waals surface area contributed by atoms with Gasteiger partial charge in [-0.15, -0.1) is 0 Å². The first kappa shape index (κ1) is 17.4. The molecule has 1 aliphatic heterocycles. The second-order valence-corrected chi connectivity index (χ2v) is 7.19. The lowest BCUT2D eigenvalue weighted by molar-refractivity contribution is -0.00322. The van der Waals surface area contributed by atoms with Gasteiger partial charge < -0.3 is 19.5 Å². The lowest BCUT2D eigenvalue weighted by Gasteiger charge is -2.28. The number of aromatic nitrogens is 2. The van der Waals surface area contributed by atoms with Crippen LogP contribution in [0.2, 0.25) is 0 Å². The fourth-order valence-electron chi connectivity index (χ4n) is 3.78. The van der Waals surface area contributed by atoms with Crippen molar-refractivity contribution >= 4 is 0 Å². The Hall–Kier alpha value is -2.05. The normalized spacial score (nSPS) is 21.9. The number of aromatic amines is 1. The van der Waals surface area contributed by atoms with Crippen molar-refractivity contribution in [2.75, 3.05) is 19.9 Å². The first-order valence-corrected chi connectivity index (χ1v) is 9.56. The van der Waals surface area contributed by atoms with Crippen molar-refractivity contribution in [3.05, 3.63) is 30.0 Å². The van der Waals surface area contributed by atoms with Crippen molar-refractivity contribution in [3.8, 4) is 22.8 Å². The lowest BCUT2D eigenvalue weighted by Crippen LogP contribution is -2.29. The summed E-state index contributed by atoms with van der Waals surface area (Å²) in [6.07, 6.45) is 7.46. The number of hydrogen-bond donors (Lipinski definition) is 2. The second-order valence-electron chi connectivity index (χ2n) is 7.19. The van der Waals surface area contributed by atoms with Gasteiger partial charge in [0.25, 0.3) is 0 Å². The quantitative estimate of drug-likeness (QED) is 0.743. The Morgan fingerprint density at radius 2 is 2.12 bits per heavy atom. The zero-order valence-corrected chi connectivity index (χ0v) is 15.3. The van der Waals surface area contributed by atoms with Gasteiger partial charge in [0.1, 0.15) is 0 Å². The third-order valence-corrected chi connectivity index (χ3v) is 5.34. The van der Waals surface area contributed by atoms with Crippen LogP contribution >= 0.6 is 0 Å². The molecule has 1 saturated carbocycles. The Morgan fingerprint density at radius 3 is 3.04 bits per heavy atom. The molecule has 2 N–H and O–H groups in total. The van der Waals surface area contributed by atoms with Crippen LogP contribution in [0.1, 0.15) is 38.2 Å². The Bertz CT molecular complexity index is 731. The topological polar surface area (TPSA) is 68.4 Å². The summed E-state index contributed by atoms with van der Waals surface area (Å²) in [7, 11) is 0. The van der Waals surface area contributed by atoms with E-state index in [9.17, 15) is 0 Å². The lowest BCUT2D eigenvalue weighted by atomic mass is 9.88. The molecule has 2 aromatic rings. The van der Waals surface area contributed by atoms with E-state index in [1.54, 1.807) is 0 Å². The zero-order valence-electron chi connectivity index (χ0n) is 15.3. The second kappa shape index (κ2) is 8.10. The minimum Gasteiger partial charge on any atom is -0.454 e. The van der Waals surface area contributed by atoms with Crippen LogP contribution in [0.25, 0.3) is 11.3 Å². The molecule has 0 unspecified atom stereocenters. The third kappa shape index (κ3) is 3.86. The molecule has 6 heteroatoms. The molecule has 4 rings (SSSR count). The Labute approximate surface area is 154 Å². The van der Waals surface area contributed by atoms with Crippen LogP contribution in [-0.4, -0.2) is 36.2 Å². The summed E-state index contributed by atoms with van der Waals surface area (Å²) in [6, 6.07) is 5.96. The van der Waals surface area contributed by atoms with E-state index >= 15 is 0 Å². The van der Waals surface area contributed by atoms with Crippen LogP contribution in [0.4, 0.5) is 0 Å². The molecule has 1 aliphatic carbocycles. The van der Waals surface area contributed by atoms with Crippen LogP contribution in [0.15, 0.2) is 24.4 Å². The van der Waals surface area contributed by atoms with E-state index in [4.69, 9.17) is 14.2 Å². The summed E-state index contributed by atoms with van der Waals surface area (Å²) in [5, 5.41) is 10.8. The van der Waals surface area contributed by atoms with Crippen LogP contribution in [0, 0.1) is 5.92 Å². The summed E-state index contributed by atoms with van der Waals surface area (Å²) in [4.78, 5) is 0. The first-order valence-electron chi connectivity index (χ1n) is 9.56. The minimum absolute atomic E-state index is 0.287. The number of fused-ring (bicyclic) bond motifs is 1. The van der Waals surface area contributed by atoms with E-state index in [-0.39, 0.29) is 6.79 Å². The van der Waals surface area contributed by atoms with Gasteiger partial charge in [0.2, 0.25) is 6.79 Å². The van der Waals surface area contributed by atoms with E-state index in [0.29, 0.717) is 12.0 Å². The maximum absolute atomic E-state index is 6.06. The van der Waals surface area contributed by atoms with Gasteiger partial charge in [-0.2, -0.15) is 5.10 Å². The average molecular weight is 357 g/mol. The fourth-order valence-corrected chi connectivity index (χ4v) is 3.78. The highest BCUT2D eigenvalue weighted by Gasteiger charge is 2.21. The van der Waals surface area contributed by atoms with Crippen LogP contribution in [0.5, 0.6) is 11.5 Å². The molecule has 2 aliphatic rings. The minimum atomic E-state index is 0.287. The van der Waals surface area contributed by atoms with Crippen LogP contribution < -0.4 is 14.8 Å². The fraction of sp³-hybridized carbons (Fsp3) is 0.550. The van der Waals surface area contributed by atoms with Gasteiger partial charge in [0.05, 0.1) is 24.6 Å². The molecule has 2 atom stereocenters. The van der Waals surface area contributed by atoms with Crippen LogP contribution in [-0.2, 0) is 11.3 Å². The van der Waals surface area contributed by atoms with E-state index in [1.807, 2.05) is 24.4 Å². The largest absolute Gasteiger partial charge is 0.454 e. The Morgan fingerprint density at radius 1 is 1.23 bits per heavy atom. The van der Waals surface area contributed by atoms with Crippen LogP contribution in [0.3, 0.4) is 0 Å². The smallest absolute Gasteiger partial charge is 0.231 e. The number of benzene rings is 1. The number of nitrogens with zero attached hydrogens (tertiary/aromatic N) is 1. The highest BCUT2D eigenvalue weighted by Crippen LogP contribution is 2.36. The van der Waals surface area contributed by atoms with E-state index in [2.05, 4.69) is 22.4 Å². The number of hydrogen-bond acceptors (Lipinski definition) is 5. The molecular weight excluding hydrogens is 330 g/mol. The highest BCUT2D eigenvalue weighted by molar-refractivity contribution is 5.66. The molecule has 0 saturated heterocycles. The SMILES string of the molecule is C[C@H]1CCCC[C@@H]1OCCNCc1cn[nH]c1-c1ccc2c(c1)OCO2. The highest BCUT2D eigenvalue weighted by atomic mass is 16.7. The van der Waals surface area contributed by atoms with Gasteiger partial charge in [-0.25, -0.2) is 0 Å². The molecular formula is C20H27N3O3. The van der Waals surface area contributed by atoms with E-state index in [0.717, 1.165) is 48.0 Å². The van der Waals surface area contributed by atoms with Crippen molar-refractivity contribution in [3.63, 3.8) is 0 Å². The predicted octanol–water partition coefficient (Wildman–Crippen LogP) is 3.49. The van der Waals surface area contributed by atoms with Crippen molar-refractivity contribution in [2.45, 2.75) is 45.3 Å². The maximum Gasteiger partial charge on any atom is 0.231 e. The first-order chi connectivity index (χ1) is 12.8. The maximum atomic E-state index is 6.06. The van der Waals surface area contributed by atoms with Gasteiger partial charge in [-0.1, -0.05) is 19.8 Å². The van der Waals surface area contributed by atoms with Gasteiger partial charge in [0.15, 0.2) is 11.5 Å². The molecule has 1 aromatic heterocycles. The number of H-pyrrole nitrogens is 1. The monoisotopic (exact) mass is 357 g/mol. The zero-order chi connectivity index (χ0) is 17.8. The molecule has 26 heavy (non-hydrogen) atoms. The van der Waals surface area contributed by atoms with Gasteiger partial charge in [0, 0.05) is 24.2 Å². The molecule has 140 valence electrons. The van der Waals surface area contributed by atoms with Gasteiger partial charge in [-0.3, -0.25) is 5.10 Å². The summed E-state index contributed by atoms with van der Waals surface area (Å²) < 4.78 is 16.9. The van der Waals surface area contributed by atoms with Crippen molar-refractivity contribution in [1.82, 2.24) is 15.5 Å². The molecule has 0 amide bonds. The average Bonchev–Trinajstić information content (AvgIpc) is 3.31. The summed E-state index contributed by atoms with van der Waals surface area (Å²) >= 11 is 0. The molecule has 6 nitrogen and oxygen atoms in total. The molecule has 0 radical (unpaired) electrons. The van der Waals surface area contributed by atoms with Gasteiger partial charge >= 0.3 is 0 Å². The van der Waals surface area contributed by atoms with Crippen molar-refractivity contribution in [2.24, 2.45) is 5.92 Å². The summed E-state index contributed by atoms with van der Waals surface area (Å²) in [5.41, 5.74) is 3.20. The van der Waals surface area contributed by atoms with Gasteiger partial charge in [-0.05, 0) is 37.0 Å². The van der Waals surface area contributed by atoms with Crippen molar-refractivity contribution in [1.29, 1.82) is 0 Å². The Kier molecular flexibility index (Phi) is 5.41. The predicted molar refractivity (Wildman–Crippen MR) is 99.2 cm³/mol. The number of nitrogens with one attached hydrogen (secondary N) is 2. The molecule has 0 bridgehead atoms. The third-order valence-electron chi connectivity index (χ3n) is 5.34. The number of rotatable bonds is 7. The summed E-state index contributed by atoms with van der Waals surface area (Å²) in [6.45, 7) is 4.95. The summed E-state index contributed by atoms with van der Waals surface area (Å²) in [5.74, 6) is 2.27. The molecule has 2 heterocycles. The Balaban J connectivity index is 1.28.